The van der Waals surface area contributed by atoms with E-state index in [1.54, 1.807) is 18.2 Å². The summed E-state index contributed by atoms with van der Waals surface area (Å²) in [5.41, 5.74) is 0.526. The van der Waals surface area contributed by atoms with Gasteiger partial charge in [-0.15, -0.1) is 0 Å². The third kappa shape index (κ3) is 1.29. The van der Waals surface area contributed by atoms with Gasteiger partial charge in [0.05, 0.1) is 18.8 Å². The molecule has 1 aromatic rings. The summed E-state index contributed by atoms with van der Waals surface area (Å²) in [6.45, 7) is 1.08. The van der Waals surface area contributed by atoms with Crippen LogP contribution < -0.4 is 9.47 Å². The zero-order valence-corrected chi connectivity index (χ0v) is 8.01. The van der Waals surface area contributed by atoms with E-state index in [1.165, 1.54) is 0 Å². The van der Waals surface area contributed by atoms with Crippen molar-refractivity contribution in [1.82, 2.24) is 0 Å². The van der Waals surface area contributed by atoms with Crippen LogP contribution >= 0.6 is 0 Å². The van der Waals surface area contributed by atoms with Crippen LogP contribution in [0.1, 0.15) is 10.4 Å². The minimum absolute atomic E-state index is 0.0422. The van der Waals surface area contributed by atoms with Gasteiger partial charge in [-0.05, 0) is 12.1 Å². The van der Waals surface area contributed by atoms with Gasteiger partial charge >= 0.3 is 0 Å². The van der Waals surface area contributed by atoms with Crippen molar-refractivity contribution in [2.24, 2.45) is 0 Å². The zero-order valence-electron chi connectivity index (χ0n) is 8.01. The topological polar surface area (TPSA) is 44.8 Å². The Morgan fingerprint density at radius 3 is 2.80 bits per heavy atom. The summed E-state index contributed by atoms with van der Waals surface area (Å²) >= 11 is 0. The summed E-state index contributed by atoms with van der Waals surface area (Å²) in [5.74, 6) is 1.17. The molecule has 4 nitrogen and oxygen atoms in total. The maximum atomic E-state index is 10.8. The number of fused-ring (bicyclic) bond motifs is 2. The van der Waals surface area contributed by atoms with Gasteiger partial charge in [0.1, 0.15) is 0 Å². The molecule has 2 aliphatic heterocycles. The lowest BCUT2D eigenvalue weighted by atomic mass is 10.1. The van der Waals surface area contributed by atoms with Gasteiger partial charge in [0, 0.05) is 0 Å². The average Bonchev–Trinajstić information content (AvgIpc) is 2.72. The fourth-order valence-corrected chi connectivity index (χ4v) is 1.89. The van der Waals surface area contributed by atoms with Crippen LogP contribution in [0, 0.1) is 0 Å². The van der Waals surface area contributed by atoms with Crippen LogP contribution in [0.3, 0.4) is 0 Å². The van der Waals surface area contributed by atoms with Gasteiger partial charge in [0.25, 0.3) is 0 Å². The number of carbonyl (C=O) groups is 1. The molecule has 1 saturated heterocycles. The van der Waals surface area contributed by atoms with E-state index in [-0.39, 0.29) is 12.2 Å². The number of hydrogen-bond acceptors (Lipinski definition) is 4. The van der Waals surface area contributed by atoms with Crippen molar-refractivity contribution >= 4 is 6.29 Å². The number of aldehydes is 1. The van der Waals surface area contributed by atoms with Gasteiger partial charge in [-0.2, -0.15) is 0 Å². The summed E-state index contributed by atoms with van der Waals surface area (Å²) in [5, 5.41) is 0. The van der Waals surface area contributed by atoms with E-state index in [1.807, 2.05) is 0 Å². The first-order valence-electron chi connectivity index (χ1n) is 4.88. The number of benzene rings is 1. The monoisotopic (exact) mass is 206 g/mol. The highest BCUT2D eigenvalue weighted by molar-refractivity contribution is 5.81. The molecule has 4 heteroatoms. The Balaban J connectivity index is 2.03. The standard InChI is InChI=1S/C11H10O4/c12-4-7-2-1-3-8-11(7)15-10-6-13-5-9(10)14-8/h1-4,9-10H,5-6H2. The molecule has 78 valence electrons. The third-order valence-corrected chi connectivity index (χ3v) is 2.66. The molecule has 0 amide bonds. The molecule has 15 heavy (non-hydrogen) atoms. The van der Waals surface area contributed by atoms with Crippen molar-refractivity contribution in [3.63, 3.8) is 0 Å². The highest BCUT2D eigenvalue weighted by atomic mass is 16.6. The maximum Gasteiger partial charge on any atom is 0.172 e. The van der Waals surface area contributed by atoms with Crippen LogP contribution in [0.15, 0.2) is 18.2 Å². The quantitative estimate of drug-likeness (QED) is 0.644. The van der Waals surface area contributed by atoms with Crippen LogP contribution in [0.4, 0.5) is 0 Å². The number of rotatable bonds is 1. The highest BCUT2D eigenvalue weighted by Gasteiger charge is 2.37. The van der Waals surface area contributed by atoms with E-state index in [9.17, 15) is 4.79 Å². The Kier molecular flexibility index (Phi) is 1.89. The van der Waals surface area contributed by atoms with Crippen LogP contribution in [0.5, 0.6) is 11.5 Å². The number of carbonyl (C=O) groups excluding carboxylic acids is 1. The van der Waals surface area contributed by atoms with Crippen molar-refractivity contribution in [2.75, 3.05) is 13.2 Å². The molecule has 0 radical (unpaired) electrons. The van der Waals surface area contributed by atoms with E-state index in [2.05, 4.69) is 0 Å². The van der Waals surface area contributed by atoms with Crippen molar-refractivity contribution in [3.05, 3.63) is 23.8 Å². The molecule has 1 aromatic carbocycles. The van der Waals surface area contributed by atoms with Crippen LogP contribution in [0.2, 0.25) is 0 Å². The lowest BCUT2D eigenvalue weighted by Gasteiger charge is -2.28. The van der Waals surface area contributed by atoms with E-state index in [4.69, 9.17) is 14.2 Å². The molecule has 2 aliphatic rings. The Bertz CT molecular complexity index is 402. The van der Waals surface area contributed by atoms with E-state index < -0.39 is 0 Å². The van der Waals surface area contributed by atoms with Gasteiger partial charge in [0.2, 0.25) is 0 Å². The second kappa shape index (κ2) is 3.24. The molecule has 0 bridgehead atoms. The van der Waals surface area contributed by atoms with Gasteiger partial charge in [0.15, 0.2) is 30.0 Å². The zero-order chi connectivity index (χ0) is 10.3. The average molecular weight is 206 g/mol. The van der Waals surface area contributed by atoms with Gasteiger partial charge < -0.3 is 14.2 Å². The number of para-hydroxylation sites is 1. The number of hydrogen-bond donors (Lipinski definition) is 0. The molecule has 0 spiro atoms. The summed E-state index contributed by atoms with van der Waals surface area (Å²) in [7, 11) is 0. The molecule has 0 N–H and O–H groups in total. The Morgan fingerprint density at radius 2 is 2.00 bits per heavy atom. The Hall–Kier alpha value is -1.55. The second-order valence-corrected chi connectivity index (χ2v) is 3.64. The van der Waals surface area contributed by atoms with Crippen LogP contribution in [-0.4, -0.2) is 31.7 Å². The molecule has 0 aliphatic carbocycles. The molecule has 0 saturated carbocycles. The molecule has 0 aromatic heterocycles. The molecule has 2 unspecified atom stereocenters. The molecular weight excluding hydrogens is 196 g/mol. The van der Waals surface area contributed by atoms with Gasteiger partial charge in [-0.1, -0.05) is 6.07 Å². The predicted octanol–water partition coefficient (Wildman–Crippen LogP) is 1.04. The lowest BCUT2D eigenvalue weighted by Crippen LogP contribution is -2.38. The van der Waals surface area contributed by atoms with E-state index >= 15 is 0 Å². The van der Waals surface area contributed by atoms with Crippen molar-refractivity contribution in [2.45, 2.75) is 12.2 Å². The molecule has 2 atom stereocenters. The first kappa shape index (κ1) is 8.73. The highest BCUT2D eigenvalue weighted by Crippen LogP contribution is 2.37. The largest absolute Gasteiger partial charge is 0.480 e. The van der Waals surface area contributed by atoms with Crippen molar-refractivity contribution in [1.29, 1.82) is 0 Å². The third-order valence-electron chi connectivity index (χ3n) is 2.66. The Morgan fingerprint density at radius 1 is 1.20 bits per heavy atom. The van der Waals surface area contributed by atoms with E-state index in [0.717, 1.165) is 6.29 Å². The SMILES string of the molecule is O=Cc1cccc2c1OC1COCC1O2. The molecule has 2 heterocycles. The number of ether oxygens (including phenoxy) is 3. The fraction of sp³-hybridized carbons (Fsp3) is 0.364. The Labute approximate surface area is 86.7 Å². The molecule has 1 fully saturated rings. The van der Waals surface area contributed by atoms with Gasteiger partial charge in [-0.3, -0.25) is 4.79 Å². The van der Waals surface area contributed by atoms with Gasteiger partial charge in [-0.25, -0.2) is 0 Å². The minimum Gasteiger partial charge on any atom is -0.480 e. The smallest absolute Gasteiger partial charge is 0.172 e. The molecule has 3 rings (SSSR count). The minimum atomic E-state index is -0.0846. The first-order valence-corrected chi connectivity index (χ1v) is 4.88. The summed E-state index contributed by atoms with van der Waals surface area (Å²) in [6, 6.07) is 5.30. The van der Waals surface area contributed by atoms with Crippen molar-refractivity contribution in [3.8, 4) is 11.5 Å². The lowest BCUT2D eigenvalue weighted by molar-refractivity contribution is 0.0542. The van der Waals surface area contributed by atoms with Crippen LogP contribution in [0.25, 0.3) is 0 Å². The normalized spacial score (nSPS) is 27.2. The fourth-order valence-electron chi connectivity index (χ4n) is 1.89. The van der Waals surface area contributed by atoms with Crippen molar-refractivity contribution < 1.29 is 19.0 Å². The molecular formula is C11H10O4. The second-order valence-electron chi connectivity index (χ2n) is 3.64. The van der Waals surface area contributed by atoms with E-state index in [0.29, 0.717) is 30.3 Å². The predicted molar refractivity (Wildman–Crippen MR) is 51.5 cm³/mol. The summed E-state index contributed by atoms with van der Waals surface area (Å²) in [4.78, 5) is 10.8. The van der Waals surface area contributed by atoms with Crippen LogP contribution in [-0.2, 0) is 4.74 Å². The maximum absolute atomic E-state index is 10.8. The summed E-state index contributed by atoms with van der Waals surface area (Å²) in [6.07, 6.45) is 0.649. The summed E-state index contributed by atoms with van der Waals surface area (Å²) < 4.78 is 16.6. The first-order chi connectivity index (χ1) is 7.38.